The van der Waals surface area contributed by atoms with Gasteiger partial charge in [0.2, 0.25) is 0 Å². The first-order valence-electron chi connectivity index (χ1n) is 8.97. The van der Waals surface area contributed by atoms with Crippen molar-refractivity contribution in [2.24, 2.45) is 0 Å². The molecule has 0 saturated heterocycles. The van der Waals surface area contributed by atoms with Crippen molar-refractivity contribution in [1.82, 2.24) is 20.3 Å². The number of carbonyl (C=O) groups is 1. The Morgan fingerprint density at radius 2 is 2.03 bits per heavy atom. The van der Waals surface area contributed by atoms with Gasteiger partial charge in [0.25, 0.3) is 5.89 Å². The Bertz CT molecular complexity index is 1200. The summed E-state index contributed by atoms with van der Waals surface area (Å²) in [5, 5.41) is 4.31. The van der Waals surface area contributed by atoms with Crippen molar-refractivity contribution in [2.45, 2.75) is 19.9 Å². The molecule has 7 nitrogen and oxygen atoms in total. The van der Waals surface area contributed by atoms with E-state index in [4.69, 9.17) is 21.8 Å². The van der Waals surface area contributed by atoms with Crippen molar-refractivity contribution in [3.63, 3.8) is 0 Å². The Morgan fingerprint density at radius 1 is 1.17 bits per heavy atom. The zero-order valence-corrected chi connectivity index (χ0v) is 16.4. The second kappa shape index (κ2) is 7.89. The summed E-state index contributed by atoms with van der Waals surface area (Å²) in [7, 11) is 0. The number of pyridine rings is 2. The molecule has 0 radical (unpaired) electrons. The van der Waals surface area contributed by atoms with Crippen LogP contribution in [0.25, 0.3) is 10.9 Å². The maximum atomic E-state index is 12.3. The van der Waals surface area contributed by atoms with Gasteiger partial charge in [-0.2, -0.15) is 0 Å². The summed E-state index contributed by atoms with van der Waals surface area (Å²) < 4.78 is 5.62. The Hall–Kier alpha value is -3.45. The normalized spacial score (nSPS) is 11.0. The Balaban J connectivity index is 1.43. The molecule has 0 aliphatic heterocycles. The number of nitrogens with zero attached hydrogens (tertiary/aromatic N) is 3. The molecule has 3 heterocycles. The van der Waals surface area contributed by atoms with Gasteiger partial charge in [-0.3, -0.25) is 9.78 Å². The zero-order valence-electron chi connectivity index (χ0n) is 15.6. The number of hydrogen-bond donors (Lipinski definition) is 2. The third-order valence-corrected chi connectivity index (χ3v) is 4.70. The van der Waals surface area contributed by atoms with Crippen molar-refractivity contribution in [3.8, 4) is 0 Å². The largest absolute Gasteiger partial charge is 0.437 e. The van der Waals surface area contributed by atoms with E-state index in [-0.39, 0.29) is 11.8 Å². The lowest BCUT2D eigenvalue weighted by molar-refractivity contribution is 0.0914. The minimum absolute atomic E-state index is 0.0200. The average Bonchev–Trinajstić information content (AvgIpc) is 3.15. The van der Waals surface area contributed by atoms with Gasteiger partial charge in [-0.15, -0.1) is 0 Å². The Kier molecular flexibility index (Phi) is 5.14. The van der Waals surface area contributed by atoms with Gasteiger partial charge in [0, 0.05) is 30.2 Å². The molecule has 0 bridgehead atoms. The molecular weight excluding hydrogens is 390 g/mol. The smallest absolute Gasteiger partial charge is 0.307 e. The molecule has 0 fully saturated rings. The standard InChI is InChI=1S/C21H18ClN5O2/c1-12-14(3-5-19(23)27-12)9-25-20(28)21-26-11-17(29-21)7-13-2-4-18-15(6-13)8-16(22)10-24-18/h2-6,8,10-11H,7,9H2,1H3,(H2,23,27)(H,25,28). The van der Waals surface area contributed by atoms with Crippen LogP contribution in [0.5, 0.6) is 0 Å². The molecule has 4 rings (SSSR count). The predicted octanol–water partition coefficient (Wildman–Crippen LogP) is 3.68. The number of hydrogen-bond acceptors (Lipinski definition) is 6. The van der Waals surface area contributed by atoms with Crippen LogP contribution < -0.4 is 11.1 Å². The summed E-state index contributed by atoms with van der Waals surface area (Å²) in [6.45, 7) is 2.15. The summed E-state index contributed by atoms with van der Waals surface area (Å²) in [4.78, 5) is 24.9. The molecule has 0 saturated carbocycles. The van der Waals surface area contributed by atoms with Crippen molar-refractivity contribution >= 4 is 34.2 Å². The zero-order chi connectivity index (χ0) is 20.4. The first kappa shape index (κ1) is 18.9. The number of nitrogen functional groups attached to an aromatic ring is 1. The molecular formula is C21H18ClN5O2. The molecule has 3 aromatic heterocycles. The van der Waals surface area contributed by atoms with Crippen LogP contribution in [0.4, 0.5) is 5.82 Å². The average molecular weight is 408 g/mol. The number of anilines is 1. The number of benzene rings is 1. The molecule has 0 aliphatic carbocycles. The monoisotopic (exact) mass is 407 g/mol. The number of aryl methyl sites for hydroxylation is 1. The number of nitrogens with one attached hydrogen (secondary N) is 1. The maximum Gasteiger partial charge on any atom is 0.307 e. The van der Waals surface area contributed by atoms with Crippen LogP contribution in [-0.4, -0.2) is 20.9 Å². The number of rotatable bonds is 5. The van der Waals surface area contributed by atoms with E-state index in [1.807, 2.05) is 37.3 Å². The molecule has 0 unspecified atom stereocenters. The highest BCUT2D eigenvalue weighted by Gasteiger charge is 2.14. The van der Waals surface area contributed by atoms with Gasteiger partial charge in [0.1, 0.15) is 11.6 Å². The first-order valence-corrected chi connectivity index (χ1v) is 9.35. The van der Waals surface area contributed by atoms with Gasteiger partial charge in [-0.1, -0.05) is 23.7 Å². The van der Waals surface area contributed by atoms with Crippen molar-refractivity contribution in [2.75, 3.05) is 5.73 Å². The molecule has 4 aromatic rings. The fourth-order valence-electron chi connectivity index (χ4n) is 3.01. The molecule has 1 aromatic carbocycles. The van der Waals surface area contributed by atoms with E-state index >= 15 is 0 Å². The highest BCUT2D eigenvalue weighted by molar-refractivity contribution is 6.31. The molecule has 0 aliphatic rings. The lowest BCUT2D eigenvalue weighted by Crippen LogP contribution is -2.23. The number of oxazole rings is 1. The van der Waals surface area contributed by atoms with Crippen LogP contribution in [-0.2, 0) is 13.0 Å². The quantitative estimate of drug-likeness (QED) is 0.522. The summed E-state index contributed by atoms with van der Waals surface area (Å²) in [5.41, 5.74) is 9.16. The van der Waals surface area contributed by atoms with Crippen LogP contribution in [0.15, 0.2) is 53.2 Å². The molecule has 0 atom stereocenters. The molecule has 29 heavy (non-hydrogen) atoms. The van der Waals surface area contributed by atoms with Gasteiger partial charge in [0.05, 0.1) is 16.7 Å². The van der Waals surface area contributed by atoms with E-state index in [1.54, 1.807) is 18.5 Å². The number of halogens is 1. The topological polar surface area (TPSA) is 107 Å². The Labute approximate surface area is 171 Å². The number of fused-ring (bicyclic) bond motifs is 1. The van der Waals surface area contributed by atoms with Crippen LogP contribution in [0.3, 0.4) is 0 Å². The lowest BCUT2D eigenvalue weighted by atomic mass is 10.1. The van der Waals surface area contributed by atoms with Crippen molar-refractivity contribution in [3.05, 3.63) is 82.3 Å². The van der Waals surface area contributed by atoms with Crippen LogP contribution >= 0.6 is 11.6 Å². The molecule has 3 N–H and O–H groups in total. The highest BCUT2D eigenvalue weighted by Crippen LogP contribution is 2.20. The number of carbonyl (C=O) groups excluding carboxylic acids is 1. The molecule has 0 spiro atoms. The first-order chi connectivity index (χ1) is 14.0. The van der Waals surface area contributed by atoms with Crippen molar-refractivity contribution < 1.29 is 9.21 Å². The highest BCUT2D eigenvalue weighted by atomic mass is 35.5. The third-order valence-electron chi connectivity index (χ3n) is 4.49. The van der Waals surface area contributed by atoms with E-state index in [2.05, 4.69) is 20.3 Å². The van der Waals surface area contributed by atoms with Gasteiger partial charge >= 0.3 is 5.91 Å². The van der Waals surface area contributed by atoms with Crippen LogP contribution in [0.1, 0.15) is 33.3 Å². The van der Waals surface area contributed by atoms with Gasteiger partial charge in [-0.25, -0.2) is 9.97 Å². The SMILES string of the molecule is Cc1nc(N)ccc1CNC(=O)c1ncc(Cc2ccc3ncc(Cl)cc3c2)o1. The van der Waals surface area contributed by atoms with E-state index in [1.165, 1.54) is 0 Å². The summed E-state index contributed by atoms with van der Waals surface area (Å²) >= 11 is 6.02. The van der Waals surface area contributed by atoms with Gasteiger partial charge < -0.3 is 15.5 Å². The number of nitrogens with two attached hydrogens (primary N) is 1. The minimum Gasteiger partial charge on any atom is -0.437 e. The van der Waals surface area contributed by atoms with Gasteiger partial charge in [0.15, 0.2) is 0 Å². The lowest BCUT2D eigenvalue weighted by Gasteiger charge is -2.06. The Morgan fingerprint density at radius 3 is 2.86 bits per heavy atom. The summed E-state index contributed by atoms with van der Waals surface area (Å²) in [6, 6.07) is 11.3. The van der Waals surface area contributed by atoms with Crippen molar-refractivity contribution in [1.29, 1.82) is 0 Å². The fraction of sp³-hybridized carbons (Fsp3) is 0.143. The van der Waals surface area contributed by atoms with Gasteiger partial charge in [-0.05, 0) is 42.3 Å². The molecule has 8 heteroatoms. The predicted molar refractivity (Wildman–Crippen MR) is 111 cm³/mol. The second-order valence-corrected chi connectivity index (χ2v) is 7.09. The number of aromatic nitrogens is 3. The summed E-state index contributed by atoms with van der Waals surface area (Å²) in [5.74, 6) is 0.671. The van der Waals surface area contributed by atoms with Crippen LogP contribution in [0, 0.1) is 6.92 Å². The van der Waals surface area contributed by atoms with Crippen LogP contribution in [0.2, 0.25) is 5.02 Å². The maximum absolute atomic E-state index is 12.3. The molecule has 1 amide bonds. The summed E-state index contributed by atoms with van der Waals surface area (Å²) in [6.07, 6.45) is 3.68. The number of amides is 1. The molecule has 146 valence electrons. The van der Waals surface area contributed by atoms with E-state index in [0.29, 0.717) is 29.6 Å². The van der Waals surface area contributed by atoms with E-state index < -0.39 is 0 Å². The third kappa shape index (κ3) is 4.35. The minimum atomic E-state index is -0.387. The second-order valence-electron chi connectivity index (χ2n) is 6.65. The fourth-order valence-corrected chi connectivity index (χ4v) is 3.17. The van der Waals surface area contributed by atoms with E-state index in [0.717, 1.165) is 27.7 Å². The van der Waals surface area contributed by atoms with E-state index in [9.17, 15) is 4.79 Å².